The summed E-state index contributed by atoms with van der Waals surface area (Å²) in [5.41, 5.74) is 0. The summed E-state index contributed by atoms with van der Waals surface area (Å²) in [6, 6.07) is 0. The Morgan fingerprint density at radius 1 is 1.50 bits per heavy atom. The number of aliphatic carboxylic acids is 1. The van der Waals surface area contributed by atoms with Gasteiger partial charge in [0.2, 0.25) is 0 Å². The third-order valence-electron chi connectivity index (χ3n) is 0.471. The van der Waals surface area contributed by atoms with E-state index in [0.29, 0.717) is 0 Å². The first-order valence-electron chi connectivity index (χ1n) is 1.85. The fraction of sp³-hybridized carbons (Fsp3) is 0.600. The number of carboxylic acids is 1. The van der Waals surface area contributed by atoms with Gasteiger partial charge in [-0.3, -0.25) is 0 Å². The largest absolute Gasteiger partial charge is 1.00 e. The summed E-state index contributed by atoms with van der Waals surface area (Å²) >= 11 is 0. The summed E-state index contributed by atoms with van der Waals surface area (Å²) in [6.45, 7) is 3.16. The Morgan fingerprint density at radius 2 is 1.62 bits per heavy atom. The Kier molecular flexibility index (Phi) is 13.9. The smallest absolute Gasteiger partial charge is 0.550 e. The molecule has 0 radical (unpaired) electrons. The number of hydrogen-bond donors (Lipinski definition) is 0. The van der Waals surface area contributed by atoms with Crippen molar-refractivity contribution in [2.24, 2.45) is 5.92 Å². The maximum atomic E-state index is 9.59. The predicted octanol–water partition coefficient (Wildman–Crippen LogP) is -3.15. The zero-order valence-electron chi connectivity index (χ0n) is 5.89. The van der Waals surface area contributed by atoms with Gasteiger partial charge in [0.25, 0.3) is 0 Å². The second-order valence-corrected chi connectivity index (χ2v) is 1.47. The Labute approximate surface area is 62.5 Å². The fourth-order valence-corrected chi connectivity index (χ4v) is 0. The zero-order chi connectivity index (χ0) is 5.15. The van der Waals surface area contributed by atoms with E-state index >= 15 is 0 Å². The fourth-order valence-electron chi connectivity index (χ4n) is 0. The average molecular weight is 109 g/mol. The standard InChI is InChI=1S/C4H8O2.CH3.Li/c1-3(2)4(5)6;;/h3H,1-2H3,(H,5,6);1H3;/q;-1;+1/p-1. The molecule has 0 amide bonds. The summed E-state index contributed by atoms with van der Waals surface area (Å²) in [4.78, 5) is 9.59. The molecule has 0 aliphatic rings. The number of hydrogen-bond acceptors (Lipinski definition) is 2. The van der Waals surface area contributed by atoms with Crippen LogP contribution in [0.1, 0.15) is 13.8 Å². The van der Waals surface area contributed by atoms with Gasteiger partial charge in [0.05, 0.1) is 0 Å². The summed E-state index contributed by atoms with van der Waals surface area (Å²) in [5, 5.41) is 9.59. The average Bonchev–Trinajstić information content (AvgIpc) is 1.36. The van der Waals surface area contributed by atoms with E-state index in [-0.39, 0.29) is 32.2 Å². The molecule has 0 saturated heterocycles. The van der Waals surface area contributed by atoms with Crippen molar-refractivity contribution in [3.05, 3.63) is 7.43 Å². The van der Waals surface area contributed by atoms with Gasteiger partial charge in [0.15, 0.2) is 0 Å². The molecule has 0 aromatic rings. The summed E-state index contributed by atoms with van der Waals surface area (Å²) in [5.74, 6) is -1.33. The topological polar surface area (TPSA) is 40.1 Å². The molecule has 0 heterocycles. The summed E-state index contributed by atoms with van der Waals surface area (Å²) < 4.78 is 0. The van der Waals surface area contributed by atoms with Crippen molar-refractivity contribution in [1.82, 2.24) is 0 Å². The molecule has 0 unspecified atom stereocenters. The number of rotatable bonds is 1. The molecule has 44 valence electrons. The van der Waals surface area contributed by atoms with E-state index in [0.717, 1.165) is 0 Å². The van der Waals surface area contributed by atoms with E-state index in [4.69, 9.17) is 0 Å². The third kappa shape index (κ3) is 9.42. The van der Waals surface area contributed by atoms with E-state index in [1.807, 2.05) is 0 Å². The second kappa shape index (κ2) is 7.07. The first-order chi connectivity index (χ1) is 2.64. The zero-order valence-corrected chi connectivity index (χ0v) is 5.89. The molecule has 0 fully saturated rings. The summed E-state index contributed by atoms with van der Waals surface area (Å²) in [6.07, 6.45) is 0. The molecule has 0 aromatic heterocycles. The molecule has 0 N–H and O–H groups in total. The van der Waals surface area contributed by atoms with Crippen LogP contribution < -0.4 is 24.0 Å². The number of carbonyl (C=O) groups is 1. The minimum absolute atomic E-state index is 0. The molecular formula is C5H10LiO2-. The Morgan fingerprint density at radius 3 is 1.62 bits per heavy atom. The van der Waals surface area contributed by atoms with Gasteiger partial charge in [0.1, 0.15) is 0 Å². The van der Waals surface area contributed by atoms with Gasteiger partial charge in [-0.2, -0.15) is 0 Å². The molecule has 0 aliphatic heterocycles. The van der Waals surface area contributed by atoms with Crippen LogP contribution in [0.5, 0.6) is 0 Å². The van der Waals surface area contributed by atoms with Crippen molar-refractivity contribution in [1.29, 1.82) is 0 Å². The van der Waals surface area contributed by atoms with Crippen LogP contribution in [0, 0.1) is 13.3 Å². The van der Waals surface area contributed by atoms with Crippen LogP contribution in [0.4, 0.5) is 0 Å². The summed E-state index contributed by atoms with van der Waals surface area (Å²) in [7, 11) is 0. The van der Waals surface area contributed by atoms with Gasteiger partial charge < -0.3 is 17.3 Å². The minimum atomic E-state index is -0.991. The van der Waals surface area contributed by atoms with E-state index < -0.39 is 5.97 Å². The molecule has 0 atom stereocenters. The van der Waals surface area contributed by atoms with Crippen molar-refractivity contribution >= 4 is 5.97 Å². The molecule has 8 heavy (non-hydrogen) atoms. The van der Waals surface area contributed by atoms with Crippen LogP contribution in [0.2, 0.25) is 0 Å². The van der Waals surface area contributed by atoms with Crippen LogP contribution >= 0.6 is 0 Å². The number of carboxylic acid groups (broad SMARTS) is 1. The van der Waals surface area contributed by atoms with Crippen LogP contribution in [0.15, 0.2) is 0 Å². The van der Waals surface area contributed by atoms with Gasteiger partial charge in [-0.1, -0.05) is 13.8 Å². The molecule has 0 rings (SSSR count). The molecule has 0 aromatic carbocycles. The maximum absolute atomic E-state index is 9.59. The molecular weight excluding hydrogens is 99.0 g/mol. The van der Waals surface area contributed by atoms with Gasteiger partial charge in [-0.05, 0) is 5.92 Å². The van der Waals surface area contributed by atoms with Crippen molar-refractivity contribution in [3.8, 4) is 0 Å². The molecule has 0 bridgehead atoms. The molecule has 0 spiro atoms. The normalized spacial score (nSPS) is 6.88. The Bertz CT molecular complexity index is 61.4. The first kappa shape index (κ1) is 15.7. The molecule has 0 saturated carbocycles. The second-order valence-electron chi connectivity index (χ2n) is 1.47. The monoisotopic (exact) mass is 109 g/mol. The van der Waals surface area contributed by atoms with E-state index in [1.54, 1.807) is 13.8 Å². The van der Waals surface area contributed by atoms with Gasteiger partial charge in [0, 0.05) is 5.97 Å². The van der Waals surface area contributed by atoms with Crippen LogP contribution in [-0.4, -0.2) is 5.97 Å². The quantitative estimate of drug-likeness (QED) is 0.263. The molecule has 2 nitrogen and oxygen atoms in total. The van der Waals surface area contributed by atoms with Crippen LogP contribution in [0.3, 0.4) is 0 Å². The van der Waals surface area contributed by atoms with E-state index in [2.05, 4.69) is 0 Å². The maximum Gasteiger partial charge on any atom is 1.00 e. The van der Waals surface area contributed by atoms with Gasteiger partial charge >= 0.3 is 18.9 Å². The Hall–Kier alpha value is 0.0674. The van der Waals surface area contributed by atoms with Crippen LogP contribution in [-0.2, 0) is 4.79 Å². The van der Waals surface area contributed by atoms with Crippen molar-refractivity contribution in [3.63, 3.8) is 0 Å². The van der Waals surface area contributed by atoms with Crippen molar-refractivity contribution < 1.29 is 28.8 Å². The third-order valence-corrected chi connectivity index (χ3v) is 0.471. The Balaban J connectivity index is -0.000000125. The molecule has 0 aliphatic carbocycles. The minimum Gasteiger partial charge on any atom is -0.550 e. The van der Waals surface area contributed by atoms with E-state index in [9.17, 15) is 9.90 Å². The van der Waals surface area contributed by atoms with Crippen LogP contribution in [0.25, 0.3) is 0 Å². The van der Waals surface area contributed by atoms with E-state index in [1.165, 1.54) is 0 Å². The SMILES string of the molecule is CC(C)C(=O)[O-].[CH3-].[Li+]. The van der Waals surface area contributed by atoms with Crippen molar-refractivity contribution in [2.45, 2.75) is 13.8 Å². The van der Waals surface area contributed by atoms with Crippen molar-refractivity contribution in [2.75, 3.05) is 0 Å². The first-order valence-corrected chi connectivity index (χ1v) is 1.85. The van der Waals surface area contributed by atoms with Gasteiger partial charge in [-0.15, -0.1) is 0 Å². The molecule has 3 heteroatoms. The predicted molar refractivity (Wildman–Crippen MR) is 26.3 cm³/mol. The van der Waals surface area contributed by atoms with Gasteiger partial charge in [-0.25, -0.2) is 0 Å². The number of carbonyl (C=O) groups excluding carboxylic acids is 1.